The van der Waals surface area contributed by atoms with Crippen LogP contribution in [0.5, 0.6) is 5.75 Å². The molecule has 2 aliphatic rings. The summed E-state index contributed by atoms with van der Waals surface area (Å²) in [4.78, 5) is 0. The van der Waals surface area contributed by atoms with Crippen LogP contribution >= 0.6 is 0 Å². The largest absolute Gasteiger partial charge is 0.495 e. The Morgan fingerprint density at radius 3 is 2.53 bits per heavy atom. The van der Waals surface area contributed by atoms with Crippen molar-refractivity contribution >= 4 is 5.69 Å². The van der Waals surface area contributed by atoms with Crippen LogP contribution in [0.25, 0.3) is 0 Å². The Morgan fingerprint density at radius 2 is 1.84 bits per heavy atom. The summed E-state index contributed by atoms with van der Waals surface area (Å²) in [6.07, 6.45) is 4.08. The van der Waals surface area contributed by atoms with Gasteiger partial charge in [0.25, 0.3) is 0 Å². The predicted octanol–water partition coefficient (Wildman–Crippen LogP) is 2.79. The van der Waals surface area contributed by atoms with Gasteiger partial charge in [0.2, 0.25) is 0 Å². The molecule has 1 saturated heterocycles. The third-order valence-electron chi connectivity index (χ3n) is 4.03. The molecule has 1 aromatic rings. The molecule has 1 aliphatic carbocycles. The Kier molecular flexibility index (Phi) is 3.62. The van der Waals surface area contributed by atoms with Crippen LogP contribution in [-0.4, -0.2) is 32.2 Å². The normalized spacial score (nSPS) is 22.6. The fourth-order valence-corrected chi connectivity index (χ4v) is 2.97. The van der Waals surface area contributed by atoms with Crippen LogP contribution in [0.1, 0.15) is 25.7 Å². The highest BCUT2D eigenvalue weighted by Crippen LogP contribution is 2.37. The van der Waals surface area contributed by atoms with Gasteiger partial charge in [-0.05, 0) is 25.0 Å². The van der Waals surface area contributed by atoms with Gasteiger partial charge < -0.3 is 19.5 Å². The SMILES string of the molecule is COc1ccccc1NC1CCC2(CC1)OCCO2. The first-order chi connectivity index (χ1) is 9.31. The van der Waals surface area contributed by atoms with Crippen molar-refractivity contribution in [3.8, 4) is 5.75 Å². The van der Waals surface area contributed by atoms with E-state index in [4.69, 9.17) is 14.2 Å². The van der Waals surface area contributed by atoms with Gasteiger partial charge in [0.1, 0.15) is 5.75 Å². The maximum Gasteiger partial charge on any atom is 0.168 e. The number of nitrogens with one attached hydrogen (secondary N) is 1. The fourth-order valence-electron chi connectivity index (χ4n) is 2.97. The summed E-state index contributed by atoms with van der Waals surface area (Å²) in [5.74, 6) is 0.620. The van der Waals surface area contributed by atoms with E-state index >= 15 is 0 Å². The Labute approximate surface area is 114 Å². The first-order valence-electron chi connectivity index (χ1n) is 6.99. The van der Waals surface area contributed by atoms with Crippen molar-refractivity contribution in [2.24, 2.45) is 0 Å². The topological polar surface area (TPSA) is 39.7 Å². The van der Waals surface area contributed by atoms with Gasteiger partial charge in [-0.2, -0.15) is 0 Å². The Balaban J connectivity index is 1.60. The summed E-state index contributed by atoms with van der Waals surface area (Å²) in [6.45, 7) is 1.48. The molecule has 1 heterocycles. The zero-order valence-corrected chi connectivity index (χ0v) is 11.4. The molecular weight excluding hydrogens is 242 g/mol. The van der Waals surface area contributed by atoms with E-state index in [1.807, 2.05) is 18.2 Å². The van der Waals surface area contributed by atoms with Crippen molar-refractivity contribution < 1.29 is 14.2 Å². The van der Waals surface area contributed by atoms with Crippen LogP contribution in [0.4, 0.5) is 5.69 Å². The van der Waals surface area contributed by atoms with E-state index in [-0.39, 0.29) is 5.79 Å². The van der Waals surface area contributed by atoms with Gasteiger partial charge in [0.15, 0.2) is 5.79 Å². The number of methoxy groups -OCH3 is 1. The molecule has 4 heteroatoms. The minimum Gasteiger partial charge on any atom is -0.495 e. The van der Waals surface area contributed by atoms with Gasteiger partial charge in [-0.15, -0.1) is 0 Å². The second-order valence-electron chi connectivity index (χ2n) is 5.23. The van der Waals surface area contributed by atoms with E-state index in [0.717, 1.165) is 50.3 Å². The molecule has 1 spiro atoms. The predicted molar refractivity (Wildman–Crippen MR) is 73.5 cm³/mol. The lowest BCUT2D eigenvalue weighted by Gasteiger charge is -2.36. The molecule has 1 saturated carbocycles. The zero-order chi connectivity index (χ0) is 13.1. The molecule has 1 aromatic carbocycles. The number of rotatable bonds is 3. The minimum atomic E-state index is -0.279. The molecule has 0 unspecified atom stereocenters. The average Bonchev–Trinajstić information content (AvgIpc) is 2.91. The van der Waals surface area contributed by atoms with Crippen molar-refractivity contribution in [3.63, 3.8) is 0 Å². The molecule has 3 rings (SSSR count). The van der Waals surface area contributed by atoms with Gasteiger partial charge >= 0.3 is 0 Å². The second kappa shape index (κ2) is 5.39. The van der Waals surface area contributed by atoms with Crippen molar-refractivity contribution in [1.29, 1.82) is 0 Å². The van der Waals surface area contributed by atoms with Gasteiger partial charge in [-0.3, -0.25) is 0 Å². The summed E-state index contributed by atoms with van der Waals surface area (Å²) in [7, 11) is 1.70. The first kappa shape index (κ1) is 12.8. The summed E-state index contributed by atoms with van der Waals surface area (Å²) in [5.41, 5.74) is 1.07. The maximum atomic E-state index is 5.75. The average molecular weight is 263 g/mol. The van der Waals surface area contributed by atoms with Crippen LogP contribution in [0.2, 0.25) is 0 Å². The number of para-hydroxylation sites is 2. The number of benzene rings is 1. The Hall–Kier alpha value is -1.26. The number of ether oxygens (including phenoxy) is 3. The lowest BCUT2D eigenvalue weighted by atomic mass is 9.90. The minimum absolute atomic E-state index is 0.279. The van der Waals surface area contributed by atoms with Crippen LogP contribution in [-0.2, 0) is 9.47 Å². The highest BCUT2D eigenvalue weighted by Gasteiger charge is 2.40. The van der Waals surface area contributed by atoms with E-state index in [0.29, 0.717) is 6.04 Å². The van der Waals surface area contributed by atoms with Gasteiger partial charge in [0.05, 0.1) is 26.0 Å². The Morgan fingerprint density at radius 1 is 1.16 bits per heavy atom. The van der Waals surface area contributed by atoms with Crippen LogP contribution < -0.4 is 10.1 Å². The van der Waals surface area contributed by atoms with Crippen LogP contribution in [0.3, 0.4) is 0 Å². The van der Waals surface area contributed by atoms with Gasteiger partial charge in [0, 0.05) is 18.9 Å². The molecule has 0 atom stereocenters. The van der Waals surface area contributed by atoms with E-state index < -0.39 is 0 Å². The summed E-state index contributed by atoms with van der Waals surface area (Å²) in [5, 5.41) is 3.57. The number of hydrogen-bond acceptors (Lipinski definition) is 4. The summed E-state index contributed by atoms with van der Waals surface area (Å²) in [6, 6.07) is 8.52. The monoisotopic (exact) mass is 263 g/mol. The van der Waals surface area contributed by atoms with E-state index in [1.165, 1.54) is 0 Å². The maximum absolute atomic E-state index is 5.75. The molecule has 1 aliphatic heterocycles. The molecule has 0 bridgehead atoms. The summed E-state index contributed by atoms with van der Waals surface area (Å²) >= 11 is 0. The third kappa shape index (κ3) is 2.69. The molecule has 0 aromatic heterocycles. The molecule has 1 N–H and O–H groups in total. The lowest BCUT2D eigenvalue weighted by Crippen LogP contribution is -2.39. The van der Waals surface area contributed by atoms with Crippen LogP contribution in [0, 0.1) is 0 Å². The van der Waals surface area contributed by atoms with Crippen molar-refractivity contribution in [1.82, 2.24) is 0 Å². The Bertz CT molecular complexity index is 419. The van der Waals surface area contributed by atoms with Crippen LogP contribution in [0.15, 0.2) is 24.3 Å². The van der Waals surface area contributed by atoms with Crippen molar-refractivity contribution in [3.05, 3.63) is 24.3 Å². The second-order valence-corrected chi connectivity index (χ2v) is 5.23. The van der Waals surface area contributed by atoms with E-state index in [2.05, 4.69) is 11.4 Å². The number of hydrogen-bond donors (Lipinski definition) is 1. The van der Waals surface area contributed by atoms with Crippen molar-refractivity contribution in [2.45, 2.75) is 37.5 Å². The zero-order valence-electron chi connectivity index (χ0n) is 11.4. The smallest absolute Gasteiger partial charge is 0.168 e. The lowest BCUT2D eigenvalue weighted by molar-refractivity contribution is -0.177. The van der Waals surface area contributed by atoms with Crippen molar-refractivity contribution in [2.75, 3.05) is 25.6 Å². The molecule has 4 nitrogen and oxygen atoms in total. The highest BCUT2D eigenvalue weighted by atomic mass is 16.7. The van der Waals surface area contributed by atoms with Gasteiger partial charge in [-0.1, -0.05) is 12.1 Å². The van der Waals surface area contributed by atoms with E-state index in [9.17, 15) is 0 Å². The molecule has 2 fully saturated rings. The molecule has 19 heavy (non-hydrogen) atoms. The molecule has 0 radical (unpaired) electrons. The fraction of sp³-hybridized carbons (Fsp3) is 0.600. The quantitative estimate of drug-likeness (QED) is 0.910. The number of anilines is 1. The third-order valence-corrected chi connectivity index (χ3v) is 4.03. The molecular formula is C15H21NO3. The first-order valence-corrected chi connectivity index (χ1v) is 6.99. The standard InChI is InChI=1S/C15H21NO3/c1-17-14-5-3-2-4-13(14)16-12-6-8-15(9-7-12)18-10-11-19-15/h2-5,12,16H,6-11H2,1H3. The molecule has 0 amide bonds. The molecule has 104 valence electrons. The highest BCUT2D eigenvalue weighted by molar-refractivity contribution is 5.56. The van der Waals surface area contributed by atoms with E-state index in [1.54, 1.807) is 7.11 Å². The summed E-state index contributed by atoms with van der Waals surface area (Å²) < 4.78 is 16.9. The van der Waals surface area contributed by atoms with Gasteiger partial charge in [-0.25, -0.2) is 0 Å².